The number of nitrogens with one attached hydrogen (secondary N) is 1. The lowest BCUT2D eigenvalue weighted by Crippen LogP contribution is -1.99. The van der Waals surface area contributed by atoms with Crippen LogP contribution in [0.3, 0.4) is 0 Å². The second kappa shape index (κ2) is 5.26. The Labute approximate surface area is 120 Å². The fourth-order valence-electron chi connectivity index (χ4n) is 1.31. The number of benzene rings is 1. The molecule has 0 atom stereocenters. The summed E-state index contributed by atoms with van der Waals surface area (Å²) in [5.41, 5.74) is 1.63. The predicted molar refractivity (Wildman–Crippen MR) is 76.9 cm³/mol. The van der Waals surface area contributed by atoms with Gasteiger partial charge >= 0.3 is 0 Å². The van der Waals surface area contributed by atoms with Crippen molar-refractivity contribution in [1.29, 1.82) is 0 Å². The number of halogens is 3. The van der Waals surface area contributed by atoms with Crippen molar-refractivity contribution in [2.24, 2.45) is 0 Å². The minimum absolute atomic E-state index is 0.304. The monoisotopic (exact) mass is 407 g/mol. The van der Waals surface area contributed by atoms with E-state index in [1.807, 2.05) is 6.92 Å². The summed E-state index contributed by atoms with van der Waals surface area (Å²) in [6.07, 6.45) is 3.15. The quantitative estimate of drug-likeness (QED) is 0.763. The molecular weight excluding hydrogens is 400 g/mol. The molecule has 1 heterocycles. The van der Waals surface area contributed by atoms with Crippen LogP contribution in [0.4, 0.5) is 15.9 Å². The molecule has 0 fully saturated rings. The first kappa shape index (κ1) is 12.7. The van der Waals surface area contributed by atoms with E-state index in [1.165, 1.54) is 12.4 Å². The molecule has 0 saturated heterocycles. The maximum absolute atomic E-state index is 13.4. The van der Waals surface area contributed by atoms with Crippen molar-refractivity contribution >= 4 is 50.0 Å². The van der Waals surface area contributed by atoms with Crippen molar-refractivity contribution in [3.05, 3.63) is 44.1 Å². The van der Waals surface area contributed by atoms with Gasteiger partial charge in [-0.1, -0.05) is 0 Å². The number of aromatic nitrogens is 2. The van der Waals surface area contributed by atoms with Gasteiger partial charge < -0.3 is 5.32 Å². The SMILES string of the molecule is Cc1cc(Br)c(F)cc1Nc1ncncc1I. The minimum Gasteiger partial charge on any atom is -0.339 e. The third-order valence-electron chi connectivity index (χ3n) is 2.19. The summed E-state index contributed by atoms with van der Waals surface area (Å²) in [7, 11) is 0. The smallest absolute Gasteiger partial charge is 0.147 e. The first-order chi connectivity index (χ1) is 8.08. The van der Waals surface area contributed by atoms with Crippen molar-refractivity contribution < 1.29 is 4.39 Å². The van der Waals surface area contributed by atoms with Crippen LogP contribution in [0.5, 0.6) is 0 Å². The standard InChI is InChI=1S/C11H8BrFIN3/c1-6-2-7(12)8(13)3-10(6)17-11-9(14)4-15-5-16-11/h2-5H,1H3,(H,15,16,17). The van der Waals surface area contributed by atoms with E-state index < -0.39 is 0 Å². The van der Waals surface area contributed by atoms with Gasteiger partial charge in [-0.05, 0) is 63.1 Å². The first-order valence-corrected chi connectivity index (χ1v) is 6.63. The number of nitrogens with zero attached hydrogens (tertiary/aromatic N) is 2. The van der Waals surface area contributed by atoms with E-state index in [9.17, 15) is 4.39 Å². The molecule has 2 aromatic rings. The zero-order valence-electron chi connectivity index (χ0n) is 8.84. The van der Waals surface area contributed by atoms with Gasteiger partial charge in [0.15, 0.2) is 0 Å². The van der Waals surface area contributed by atoms with Crippen molar-refractivity contribution in [3.8, 4) is 0 Å². The molecule has 0 aliphatic carbocycles. The van der Waals surface area contributed by atoms with E-state index >= 15 is 0 Å². The average Bonchev–Trinajstić information content (AvgIpc) is 2.29. The van der Waals surface area contributed by atoms with Crippen molar-refractivity contribution in [3.63, 3.8) is 0 Å². The van der Waals surface area contributed by atoms with Gasteiger partial charge in [-0.15, -0.1) is 0 Å². The van der Waals surface area contributed by atoms with Crippen LogP contribution >= 0.6 is 38.5 Å². The van der Waals surface area contributed by atoms with E-state index in [0.717, 1.165) is 9.13 Å². The number of hydrogen-bond donors (Lipinski definition) is 1. The van der Waals surface area contributed by atoms with Gasteiger partial charge in [0, 0.05) is 11.9 Å². The van der Waals surface area contributed by atoms with Crippen LogP contribution in [-0.2, 0) is 0 Å². The van der Waals surface area contributed by atoms with E-state index in [0.29, 0.717) is 16.0 Å². The van der Waals surface area contributed by atoms with E-state index in [4.69, 9.17) is 0 Å². The highest BCUT2D eigenvalue weighted by Gasteiger charge is 2.07. The highest BCUT2D eigenvalue weighted by molar-refractivity contribution is 14.1. The van der Waals surface area contributed by atoms with Gasteiger partial charge in [0.05, 0.1) is 8.04 Å². The fraction of sp³-hybridized carbons (Fsp3) is 0.0909. The maximum Gasteiger partial charge on any atom is 0.147 e. The molecule has 0 saturated carbocycles. The molecular formula is C11H8BrFIN3. The molecule has 0 amide bonds. The Morgan fingerprint density at radius 2 is 2.18 bits per heavy atom. The lowest BCUT2D eigenvalue weighted by atomic mass is 10.2. The summed E-state index contributed by atoms with van der Waals surface area (Å²) in [6, 6.07) is 3.17. The van der Waals surface area contributed by atoms with E-state index in [-0.39, 0.29) is 5.82 Å². The molecule has 0 aliphatic rings. The van der Waals surface area contributed by atoms with Gasteiger partial charge in [-0.3, -0.25) is 0 Å². The lowest BCUT2D eigenvalue weighted by molar-refractivity contribution is 0.621. The van der Waals surface area contributed by atoms with Crippen LogP contribution < -0.4 is 5.32 Å². The van der Waals surface area contributed by atoms with Crippen LogP contribution in [-0.4, -0.2) is 9.97 Å². The summed E-state index contributed by atoms with van der Waals surface area (Å²) >= 11 is 5.27. The molecule has 1 N–H and O–H groups in total. The molecule has 6 heteroatoms. The fourth-order valence-corrected chi connectivity index (χ4v) is 2.21. The van der Waals surface area contributed by atoms with Gasteiger partial charge in [0.2, 0.25) is 0 Å². The highest BCUT2D eigenvalue weighted by atomic mass is 127. The number of rotatable bonds is 2. The topological polar surface area (TPSA) is 37.8 Å². The number of hydrogen-bond acceptors (Lipinski definition) is 3. The second-order valence-corrected chi connectivity index (χ2v) is 5.44. The van der Waals surface area contributed by atoms with Crippen molar-refractivity contribution in [1.82, 2.24) is 9.97 Å². The van der Waals surface area contributed by atoms with Gasteiger partial charge in [-0.2, -0.15) is 0 Å². The maximum atomic E-state index is 13.4. The zero-order chi connectivity index (χ0) is 12.4. The summed E-state index contributed by atoms with van der Waals surface area (Å²) in [4.78, 5) is 8.00. The van der Waals surface area contributed by atoms with E-state index in [2.05, 4.69) is 53.8 Å². The Morgan fingerprint density at radius 3 is 2.88 bits per heavy atom. The summed E-state index contributed by atoms with van der Waals surface area (Å²) in [6.45, 7) is 1.90. The Hall–Kier alpha value is -0.760. The van der Waals surface area contributed by atoms with Crippen molar-refractivity contribution in [2.75, 3.05) is 5.32 Å². The summed E-state index contributed by atoms with van der Waals surface area (Å²) in [5.74, 6) is 0.368. The second-order valence-electron chi connectivity index (χ2n) is 3.43. The van der Waals surface area contributed by atoms with Crippen LogP contribution in [0.2, 0.25) is 0 Å². The molecule has 0 bridgehead atoms. The number of anilines is 2. The lowest BCUT2D eigenvalue weighted by Gasteiger charge is -2.10. The Bertz CT molecular complexity index is 562. The molecule has 1 aromatic heterocycles. The van der Waals surface area contributed by atoms with Crippen molar-refractivity contribution in [2.45, 2.75) is 6.92 Å². The predicted octanol–water partition coefficient (Wildman–Crippen LogP) is 4.03. The molecule has 0 radical (unpaired) electrons. The van der Waals surface area contributed by atoms with Gasteiger partial charge in [-0.25, -0.2) is 14.4 Å². The van der Waals surface area contributed by atoms with Gasteiger partial charge in [0.1, 0.15) is 18.0 Å². The normalized spacial score (nSPS) is 10.4. The molecule has 0 aliphatic heterocycles. The number of aryl methyl sites for hydroxylation is 1. The Balaban J connectivity index is 2.37. The van der Waals surface area contributed by atoms with Crippen LogP contribution in [0.1, 0.15) is 5.56 Å². The Morgan fingerprint density at radius 1 is 1.41 bits per heavy atom. The minimum atomic E-state index is -0.304. The molecule has 1 aromatic carbocycles. The summed E-state index contributed by atoms with van der Waals surface area (Å²) in [5, 5.41) is 3.09. The highest BCUT2D eigenvalue weighted by Crippen LogP contribution is 2.27. The van der Waals surface area contributed by atoms with E-state index in [1.54, 1.807) is 12.3 Å². The van der Waals surface area contributed by atoms with Crippen LogP contribution in [0.25, 0.3) is 0 Å². The van der Waals surface area contributed by atoms with Crippen LogP contribution in [0, 0.1) is 16.3 Å². The molecule has 3 nitrogen and oxygen atoms in total. The third-order valence-corrected chi connectivity index (χ3v) is 3.59. The largest absolute Gasteiger partial charge is 0.339 e. The Kier molecular flexibility index (Phi) is 3.93. The molecule has 0 unspecified atom stereocenters. The molecule has 88 valence electrons. The van der Waals surface area contributed by atoms with Crippen LogP contribution in [0.15, 0.2) is 29.1 Å². The third kappa shape index (κ3) is 2.92. The zero-order valence-corrected chi connectivity index (χ0v) is 12.6. The van der Waals surface area contributed by atoms with Gasteiger partial charge in [0.25, 0.3) is 0 Å². The summed E-state index contributed by atoms with van der Waals surface area (Å²) < 4.78 is 14.8. The average molecular weight is 408 g/mol. The molecule has 2 rings (SSSR count). The molecule has 17 heavy (non-hydrogen) atoms. The molecule has 0 spiro atoms. The first-order valence-electron chi connectivity index (χ1n) is 4.76.